The number of aliphatic hydroxyl groups excluding tert-OH is 1. The van der Waals surface area contributed by atoms with Gasteiger partial charge in [0.15, 0.2) is 0 Å². The number of rotatable bonds is 3. The van der Waals surface area contributed by atoms with E-state index < -0.39 is 0 Å². The zero-order chi connectivity index (χ0) is 14.1. The molecule has 2 aromatic heterocycles. The number of aromatic amines is 1. The third-order valence-corrected chi connectivity index (χ3v) is 3.18. The van der Waals surface area contributed by atoms with Crippen LogP contribution in [0.1, 0.15) is 5.56 Å². The van der Waals surface area contributed by atoms with Crippen molar-refractivity contribution < 1.29 is 9.84 Å². The summed E-state index contributed by atoms with van der Waals surface area (Å²) in [5.41, 5.74) is 2.01. The molecule has 6 heteroatoms. The molecule has 0 spiro atoms. The first-order chi connectivity index (χ1) is 9.74. The molecule has 102 valence electrons. The topological polar surface area (TPSA) is 79.6 Å². The highest BCUT2D eigenvalue weighted by Crippen LogP contribution is 2.26. The smallest absolute Gasteiger partial charge is 0.274 e. The number of aromatic nitrogens is 3. The molecule has 0 radical (unpaired) electrons. The van der Waals surface area contributed by atoms with Crippen LogP contribution in [0.15, 0.2) is 41.5 Å². The maximum atomic E-state index is 11.9. The van der Waals surface area contributed by atoms with Gasteiger partial charge in [0.1, 0.15) is 11.3 Å². The SMILES string of the molecule is COc1ccc(-c2nn3cc[nH]c(=O)c3c2CO)cc1. The molecule has 3 rings (SSSR count). The van der Waals surface area contributed by atoms with Gasteiger partial charge in [0.25, 0.3) is 5.56 Å². The second-order valence-electron chi connectivity index (χ2n) is 4.30. The highest BCUT2D eigenvalue weighted by atomic mass is 16.5. The van der Waals surface area contributed by atoms with Gasteiger partial charge >= 0.3 is 0 Å². The first-order valence-electron chi connectivity index (χ1n) is 6.09. The van der Waals surface area contributed by atoms with E-state index in [4.69, 9.17) is 4.74 Å². The lowest BCUT2D eigenvalue weighted by Crippen LogP contribution is -2.09. The van der Waals surface area contributed by atoms with E-state index in [0.29, 0.717) is 16.8 Å². The molecule has 2 N–H and O–H groups in total. The van der Waals surface area contributed by atoms with Gasteiger partial charge in [-0.1, -0.05) is 0 Å². The van der Waals surface area contributed by atoms with E-state index in [1.165, 1.54) is 10.7 Å². The van der Waals surface area contributed by atoms with E-state index in [0.717, 1.165) is 11.3 Å². The van der Waals surface area contributed by atoms with Gasteiger partial charge in [0.2, 0.25) is 0 Å². The Morgan fingerprint density at radius 2 is 2.10 bits per heavy atom. The maximum Gasteiger partial charge on any atom is 0.274 e. The normalized spacial score (nSPS) is 10.9. The quantitative estimate of drug-likeness (QED) is 0.750. The van der Waals surface area contributed by atoms with E-state index in [1.807, 2.05) is 24.3 Å². The Labute approximate surface area is 114 Å². The summed E-state index contributed by atoms with van der Waals surface area (Å²) in [6, 6.07) is 7.30. The predicted octanol–water partition coefficient (Wildman–Crippen LogP) is 1.19. The van der Waals surface area contributed by atoms with Crippen molar-refractivity contribution in [1.29, 1.82) is 0 Å². The number of H-pyrrole nitrogens is 1. The predicted molar refractivity (Wildman–Crippen MR) is 73.7 cm³/mol. The van der Waals surface area contributed by atoms with Crippen LogP contribution in [0.25, 0.3) is 16.8 Å². The molecule has 6 nitrogen and oxygen atoms in total. The zero-order valence-electron chi connectivity index (χ0n) is 10.8. The molecule has 0 unspecified atom stereocenters. The van der Waals surface area contributed by atoms with Crippen LogP contribution in [0.2, 0.25) is 0 Å². The van der Waals surface area contributed by atoms with Gasteiger partial charge in [0, 0.05) is 23.5 Å². The van der Waals surface area contributed by atoms with Crippen LogP contribution in [0.3, 0.4) is 0 Å². The molecule has 2 heterocycles. The van der Waals surface area contributed by atoms with Crippen LogP contribution in [0.5, 0.6) is 5.75 Å². The van der Waals surface area contributed by atoms with Crippen molar-refractivity contribution >= 4 is 5.52 Å². The Balaban J connectivity index is 2.24. The number of benzene rings is 1. The fourth-order valence-corrected chi connectivity index (χ4v) is 2.20. The maximum absolute atomic E-state index is 11.9. The number of hydrogen-bond donors (Lipinski definition) is 2. The molecule has 0 bridgehead atoms. The van der Waals surface area contributed by atoms with Crippen LogP contribution in [-0.4, -0.2) is 26.8 Å². The van der Waals surface area contributed by atoms with Crippen LogP contribution in [0, 0.1) is 0 Å². The van der Waals surface area contributed by atoms with Gasteiger partial charge in [-0.2, -0.15) is 5.10 Å². The number of ether oxygens (including phenoxy) is 1. The molecular weight excluding hydrogens is 258 g/mol. The van der Waals surface area contributed by atoms with Crippen molar-refractivity contribution in [2.75, 3.05) is 7.11 Å². The molecule has 3 aromatic rings. The standard InChI is InChI=1S/C14H13N3O3/c1-20-10-4-2-9(3-5-10)12-11(8-18)13-14(19)15-6-7-17(13)16-12/h2-7,18H,8H2,1H3,(H,15,19). The molecule has 0 aliphatic heterocycles. The monoisotopic (exact) mass is 271 g/mol. The third kappa shape index (κ3) is 1.86. The number of aliphatic hydroxyl groups is 1. The molecule has 0 saturated carbocycles. The van der Waals surface area contributed by atoms with Gasteiger partial charge in [-0.15, -0.1) is 0 Å². The highest BCUT2D eigenvalue weighted by Gasteiger charge is 2.16. The summed E-state index contributed by atoms with van der Waals surface area (Å²) in [5.74, 6) is 0.737. The largest absolute Gasteiger partial charge is 0.497 e. The lowest BCUT2D eigenvalue weighted by molar-refractivity contribution is 0.283. The molecular formula is C14H13N3O3. The average Bonchev–Trinajstić information content (AvgIpc) is 2.87. The van der Waals surface area contributed by atoms with Crippen molar-refractivity contribution in [3.8, 4) is 17.0 Å². The van der Waals surface area contributed by atoms with E-state index >= 15 is 0 Å². The lowest BCUT2D eigenvalue weighted by Gasteiger charge is -2.02. The fourth-order valence-electron chi connectivity index (χ4n) is 2.20. The Morgan fingerprint density at radius 1 is 1.35 bits per heavy atom. The second-order valence-corrected chi connectivity index (χ2v) is 4.30. The number of hydrogen-bond acceptors (Lipinski definition) is 4. The molecule has 0 fully saturated rings. The summed E-state index contributed by atoms with van der Waals surface area (Å²) < 4.78 is 6.59. The molecule has 0 aliphatic rings. The molecule has 0 atom stereocenters. The fraction of sp³-hybridized carbons (Fsp3) is 0.143. The van der Waals surface area contributed by atoms with E-state index in [-0.39, 0.29) is 12.2 Å². The molecule has 0 saturated heterocycles. The van der Waals surface area contributed by atoms with Crippen molar-refractivity contribution in [3.05, 3.63) is 52.6 Å². The Kier molecular flexibility index (Phi) is 3.00. The summed E-state index contributed by atoms with van der Waals surface area (Å²) in [7, 11) is 1.60. The Morgan fingerprint density at radius 3 is 2.75 bits per heavy atom. The van der Waals surface area contributed by atoms with E-state index in [2.05, 4.69) is 10.1 Å². The van der Waals surface area contributed by atoms with Crippen LogP contribution in [-0.2, 0) is 6.61 Å². The molecule has 0 amide bonds. The van der Waals surface area contributed by atoms with Crippen LogP contribution >= 0.6 is 0 Å². The summed E-state index contributed by atoms with van der Waals surface area (Å²) in [6.45, 7) is -0.252. The van der Waals surface area contributed by atoms with Gasteiger partial charge in [-0.25, -0.2) is 4.52 Å². The van der Waals surface area contributed by atoms with Crippen molar-refractivity contribution in [2.24, 2.45) is 0 Å². The second kappa shape index (κ2) is 4.82. The number of methoxy groups -OCH3 is 1. The minimum atomic E-state index is -0.274. The van der Waals surface area contributed by atoms with Crippen molar-refractivity contribution in [1.82, 2.24) is 14.6 Å². The van der Waals surface area contributed by atoms with Crippen LogP contribution < -0.4 is 10.3 Å². The van der Waals surface area contributed by atoms with Crippen molar-refractivity contribution in [3.63, 3.8) is 0 Å². The number of nitrogens with one attached hydrogen (secondary N) is 1. The average molecular weight is 271 g/mol. The molecule has 1 aromatic carbocycles. The van der Waals surface area contributed by atoms with Crippen molar-refractivity contribution in [2.45, 2.75) is 6.61 Å². The van der Waals surface area contributed by atoms with Crippen LogP contribution in [0.4, 0.5) is 0 Å². The van der Waals surface area contributed by atoms with Gasteiger partial charge in [0.05, 0.1) is 19.4 Å². The number of fused-ring (bicyclic) bond motifs is 1. The first-order valence-corrected chi connectivity index (χ1v) is 6.09. The van der Waals surface area contributed by atoms with Gasteiger partial charge in [-0.05, 0) is 24.3 Å². The number of nitrogens with zero attached hydrogens (tertiary/aromatic N) is 2. The first kappa shape index (κ1) is 12.4. The lowest BCUT2D eigenvalue weighted by atomic mass is 10.1. The van der Waals surface area contributed by atoms with Gasteiger partial charge in [-0.3, -0.25) is 4.79 Å². The Bertz CT molecular complexity index is 803. The van der Waals surface area contributed by atoms with Gasteiger partial charge < -0.3 is 14.8 Å². The molecule has 0 aliphatic carbocycles. The summed E-state index contributed by atoms with van der Waals surface area (Å²) >= 11 is 0. The summed E-state index contributed by atoms with van der Waals surface area (Å²) in [6.07, 6.45) is 3.16. The van der Waals surface area contributed by atoms with E-state index in [1.54, 1.807) is 13.3 Å². The van der Waals surface area contributed by atoms with E-state index in [9.17, 15) is 9.90 Å². The minimum Gasteiger partial charge on any atom is -0.497 e. The highest BCUT2D eigenvalue weighted by molar-refractivity contribution is 5.72. The zero-order valence-corrected chi connectivity index (χ0v) is 10.8. The summed E-state index contributed by atoms with van der Waals surface area (Å²) in [5, 5.41) is 13.9. The summed E-state index contributed by atoms with van der Waals surface area (Å²) in [4.78, 5) is 14.4. The minimum absolute atomic E-state index is 0.252. The molecule has 20 heavy (non-hydrogen) atoms. The third-order valence-electron chi connectivity index (χ3n) is 3.18. The Hall–Kier alpha value is -2.60.